The van der Waals surface area contributed by atoms with Gasteiger partial charge >= 0.3 is 0 Å². The Morgan fingerprint density at radius 1 is 1.26 bits per heavy atom. The van der Waals surface area contributed by atoms with E-state index in [9.17, 15) is 9.59 Å². The number of aromatic nitrogens is 2. The highest BCUT2D eigenvalue weighted by Gasteiger charge is 2.49. The minimum atomic E-state index is -0.0254. The fourth-order valence-electron chi connectivity index (χ4n) is 5.27. The molecule has 3 saturated heterocycles. The van der Waals surface area contributed by atoms with Crippen LogP contribution in [0.4, 0.5) is 0 Å². The summed E-state index contributed by atoms with van der Waals surface area (Å²) in [5.74, 6) is 1.97. The van der Waals surface area contributed by atoms with Gasteiger partial charge in [0.1, 0.15) is 5.82 Å². The SMILES string of the molecule is CC(=O)NC[C@H]1[C@H]2C[C@H](CN(Cc3cnc(C)nc3)C2)[C@@H]2CCCC(=O)N21. The van der Waals surface area contributed by atoms with E-state index in [1.54, 1.807) is 6.92 Å². The Bertz CT molecular complexity index is 707. The third-order valence-electron chi connectivity index (χ3n) is 6.37. The minimum absolute atomic E-state index is 0.0254. The molecule has 7 heteroatoms. The Balaban J connectivity index is 1.53. The number of amides is 2. The smallest absolute Gasteiger partial charge is 0.223 e. The summed E-state index contributed by atoms with van der Waals surface area (Å²) in [6.45, 7) is 6.83. The number of nitrogens with one attached hydrogen (secondary N) is 1. The molecule has 4 rings (SSSR count). The average molecular weight is 371 g/mol. The van der Waals surface area contributed by atoms with E-state index in [0.29, 0.717) is 30.8 Å². The van der Waals surface area contributed by atoms with Crippen molar-refractivity contribution in [3.05, 3.63) is 23.8 Å². The van der Waals surface area contributed by atoms with Crippen molar-refractivity contribution in [2.45, 2.75) is 58.2 Å². The second kappa shape index (κ2) is 7.54. The van der Waals surface area contributed by atoms with Gasteiger partial charge in [-0.15, -0.1) is 0 Å². The topological polar surface area (TPSA) is 78.4 Å². The van der Waals surface area contributed by atoms with Crippen LogP contribution in [0, 0.1) is 18.8 Å². The molecule has 1 aromatic heterocycles. The van der Waals surface area contributed by atoms with Crippen molar-refractivity contribution in [3.8, 4) is 0 Å². The Morgan fingerprint density at radius 3 is 2.74 bits per heavy atom. The zero-order valence-corrected chi connectivity index (χ0v) is 16.2. The van der Waals surface area contributed by atoms with Crippen LogP contribution in [0.15, 0.2) is 12.4 Å². The van der Waals surface area contributed by atoms with E-state index in [1.807, 2.05) is 19.3 Å². The molecule has 4 atom stereocenters. The van der Waals surface area contributed by atoms with Crippen LogP contribution in [0.2, 0.25) is 0 Å². The van der Waals surface area contributed by atoms with Gasteiger partial charge in [0.25, 0.3) is 0 Å². The lowest BCUT2D eigenvalue weighted by Crippen LogP contribution is -2.66. The zero-order valence-electron chi connectivity index (χ0n) is 16.2. The van der Waals surface area contributed by atoms with Crippen molar-refractivity contribution in [2.24, 2.45) is 11.8 Å². The Labute approximate surface area is 160 Å². The van der Waals surface area contributed by atoms with Crippen LogP contribution in [0.25, 0.3) is 0 Å². The third kappa shape index (κ3) is 3.83. The molecule has 1 N–H and O–H groups in total. The number of likely N-dealkylation sites (tertiary alicyclic amines) is 1. The van der Waals surface area contributed by atoms with Gasteiger partial charge in [-0.2, -0.15) is 0 Å². The van der Waals surface area contributed by atoms with Crippen LogP contribution >= 0.6 is 0 Å². The lowest BCUT2D eigenvalue weighted by molar-refractivity contribution is -0.153. The Morgan fingerprint density at radius 2 is 2.00 bits per heavy atom. The molecule has 0 unspecified atom stereocenters. The molecule has 7 nitrogen and oxygen atoms in total. The number of carbonyl (C=O) groups is 2. The number of aryl methyl sites for hydroxylation is 1. The first kappa shape index (κ1) is 18.3. The summed E-state index contributed by atoms with van der Waals surface area (Å²) in [6.07, 6.45) is 7.70. The second-order valence-corrected chi connectivity index (χ2v) is 8.35. The molecule has 0 aliphatic carbocycles. The lowest BCUT2D eigenvalue weighted by atomic mass is 9.72. The van der Waals surface area contributed by atoms with Crippen molar-refractivity contribution < 1.29 is 9.59 Å². The highest BCUT2D eigenvalue weighted by atomic mass is 16.2. The van der Waals surface area contributed by atoms with Crippen LogP contribution in [0.5, 0.6) is 0 Å². The van der Waals surface area contributed by atoms with Gasteiger partial charge in [0.05, 0.1) is 6.04 Å². The molecule has 3 aliphatic rings. The fraction of sp³-hybridized carbons (Fsp3) is 0.700. The van der Waals surface area contributed by atoms with Gasteiger partial charge in [0.2, 0.25) is 11.8 Å². The number of carbonyl (C=O) groups excluding carboxylic acids is 2. The van der Waals surface area contributed by atoms with Gasteiger partial charge in [-0.3, -0.25) is 14.5 Å². The summed E-state index contributed by atoms with van der Waals surface area (Å²) in [5.41, 5.74) is 1.13. The van der Waals surface area contributed by atoms with Crippen molar-refractivity contribution >= 4 is 11.8 Å². The van der Waals surface area contributed by atoms with E-state index in [0.717, 1.165) is 50.3 Å². The predicted octanol–water partition coefficient (Wildman–Crippen LogP) is 1.12. The van der Waals surface area contributed by atoms with Gasteiger partial charge in [0, 0.05) is 63.5 Å². The van der Waals surface area contributed by atoms with E-state index in [4.69, 9.17) is 0 Å². The molecular weight excluding hydrogens is 342 g/mol. The van der Waals surface area contributed by atoms with Gasteiger partial charge in [-0.05, 0) is 38.0 Å². The van der Waals surface area contributed by atoms with Gasteiger partial charge in [-0.25, -0.2) is 9.97 Å². The van der Waals surface area contributed by atoms with Gasteiger partial charge in [0.15, 0.2) is 0 Å². The number of nitrogens with zero attached hydrogens (tertiary/aromatic N) is 4. The van der Waals surface area contributed by atoms with E-state index in [1.165, 1.54) is 0 Å². The zero-order chi connectivity index (χ0) is 19.0. The number of hydrogen-bond acceptors (Lipinski definition) is 5. The molecule has 0 aromatic carbocycles. The highest BCUT2D eigenvalue weighted by Crippen LogP contribution is 2.41. The van der Waals surface area contributed by atoms with Crippen molar-refractivity contribution in [1.82, 2.24) is 25.1 Å². The number of fused-ring (bicyclic) bond motifs is 4. The molecule has 146 valence electrons. The van der Waals surface area contributed by atoms with E-state index < -0.39 is 0 Å². The molecule has 3 fully saturated rings. The molecular formula is C20H29N5O2. The maximum absolute atomic E-state index is 12.7. The second-order valence-electron chi connectivity index (χ2n) is 8.35. The van der Waals surface area contributed by atoms with E-state index in [2.05, 4.69) is 25.1 Å². The Hall–Kier alpha value is -2.02. The summed E-state index contributed by atoms with van der Waals surface area (Å²) < 4.78 is 0. The first-order valence-electron chi connectivity index (χ1n) is 10.1. The molecule has 1 aromatic rings. The summed E-state index contributed by atoms with van der Waals surface area (Å²) in [6, 6.07) is 0.429. The molecule has 0 radical (unpaired) electrons. The van der Waals surface area contributed by atoms with Gasteiger partial charge < -0.3 is 10.2 Å². The number of piperidine rings is 3. The average Bonchev–Trinajstić information content (AvgIpc) is 2.64. The van der Waals surface area contributed by atoms with Crippen molar-refractivity contribution in [1.29, 1.82) is 0 Å². The summed E-state index contributed by atoms with van der Waals surface area (Å²) in [5, 5.41) is 2.97. The van der Waals surface area contributed by atoms with Crippen molar-refractivity contribution in [3.63, 3.8) is 0 Å². The first-order chi connectivity index (χ1) is 13.0. The molecule has 4 heterocycles. The lowest BCUT2D eigenvalue weighted by Gasteiger charge is -2.56. The molecule has 2 amide bonds. The van der Waals surface area contributed by atoms with E-state index in [-0.39, 0.29) is 17.9 Å². The predicted molar refractivity (Wildman–Crippen MR) is 101 cm³/mol. The summed E-state index contributed by atoms with van der Waals surface area (Å²) in [4.78, 5) is 37.5. The summed E-state index contributed by atoms with van der Waals surface area (Å²) in [7, 11) is 0. The monoisotopic (exact) mass is 371 g/mol. The number of hydrogen-bond donors (Lipinski definition) is 1. The molecule has 3 aliphatic heterocycles. The van der Waals surface area contributed by atoms with Gasteiger partial charge in [-0.1, -0.05) is 0 Å². The van der Waals surface area contributed by atoms with Crippen LogP contribution in [-0.4, -0.2) is 63.3 Å². The molecule has 0 saturated carbocycles. The maximum atomic E-state index is 12.7. The quantitative estimate of drug-likeness (QED) is 0.858. The normalized spacial score (nSPS) is 30.7. The Kier molecular flexibility index (Phi) is 5.12. The number of rotatable bonds is 4. The van der Waals surface area contributed by atoms with Crippen LogP contribution in [0.3, 0.4) is 0 Å². The third-order valence-corrected chi connectivity index (χ3v) is 6.37. The molecule has 27 heavy (non-hydrogen) atoms. The standard InChI is InChI=1S/C20H29N5O2/c1-13-21-7-15(8-22-13)10-24-11-16-6-17(12-24)19(9-23-14(2)26)25-18(16)4-3-5-20(25)27/h7-8,16-19H,3-6,9-12H2,1-2H3,(H,23,26)/t16-,17+,18+,19+/m1/s1. The fourth-order valence-corrected chi connectivity index (χ4v) is 5.27. The van der Waals surface area contributed by atoms with Crippen LogP contribution < -0.4 is 5.32 Å². The largest absolute Gasteiger partial charge is 0.354 e. The van der Waals surface area contributed by atoms with E-state index >= 15 is 0 Å². The van der Waals surface area contributed by atoms with Crippen molar-refractivity contribution in [2.75, 3.05) is 19.6 Å². The first-order valence-corrected chi connectivity index (χ1v) is 10.1. The molecule has 0 spiro atoms. The molecule has 2 bridgehead atoms. The highest BCUT2D eigenvalue weighted by molar-refractivity contribution is 5.78. The summed E-state index contributed by atoms with van der Waals surface area (Å²) >= 11 is 0. The van der Waals surface area contributed by atoms with Crippen LogP contribution in [-0.2, 0) is 16.1 Å². The maximum Gasteiger partial charge on any atom is 0.223 e. The minimum Gasteiger partial charge on any atom is -0.354 e. The van der Waals surface area contributed by atoms with Crippen LogP contribution in [0.1, 0.15) is 44.0 Å².